The minimum absolute atomic E-state index is 0.0343. The summed E-state index contributed by atoms with van der Waals surface area (Å²) < 4.78 is 12.4. The molecule has 0 fully saturated rings. The highest BCUT2D eigenvalue weighted by atomic mass is 16.6. The second kappa shape index (κ2) is 9.43. The highest BCUT2D eigenvalue weighted by Crippen LogP contribution is 2.18. The zero-order chi connectivity index (χ0) is 25.1. The molecule has 0 unspecified atom stereocenters. The minimum Gasteiger partial charge on any atom is -0.378 e. The Kier molecular flexibility index (Phi) is 6.23. The maximum atomic E-state index is 12.8. The van der Waals surface area contributed by atoms with Gasteiger partial charge in [-0.3, -0.25) is 14.9 Å². The highest BCUT2D eigenvalue weighted by Gasteiger charge is 2.24. The van der Waals surface area contributed by atoms with Crippen LogP contribution in [0.1, 0.15) is 34.5 Å². The SMILES string of the molecule is COCc1c(C(=O)N/N=C(\C)c2nnn(-c3ccc([N+](=O)[O-])cc3)c2C)nnn1-c1nonc1N. The van der Waals surface area contributed by atoms with Crippen molar-refractivity contribution in [3.8, 4) is 11.5 Å². The van der Waals surface area contributed by atoms with Crippen molar-refractivity contribution < 1.29 is 19.1 Å². The van der Waals surface area contributed by atoms with Crippen LogP contribution in [-0.4, -0.2) is 64.0 Å². The van der Waals surface area contributed by atoms with E-state index in [1.807, 2.05) is 0 Å². The molecule has 0 saturated carbocycles. The van der Waals surface area contributed by atoms with Crippen molar-refractivity contribution >= 4 is 23.1 Å². The van der Waals surface area contributed by atoms with E-state index < -0.39 is 10.8 Å². The smallest absolute Gasteiger partial charge is 0.293 e. The van der Waals surface area contributed by atoms with Gasteiger partial charge in [-0.2, -0.15) is 9.78 Å². The molecular weight excluding hydrogens is 464 g/mol. The first-order valence-electron chi connectivity index (χ1n) is 9.85. The van der Waals surface area contributed by atoms with Crippen molar-refractivity contribution in [2.24, 2.45) is 5.10 Å². The lowest BCUT2D eigenvalue weighted by atomic mass is 10.2. The number of aromatic nitrogens is 8. The molecule has 0 aliphatic rings. The Labute approximate surface area is 195 Å². The fraction of sp³-hybridized carbons (Fsp3) is 0.222. The number of nitrogens with two attached hydrogens (primary N) is 1. The van der Waals surface area contributed by atoms with Gasteiger partial charge in [-0.15, -0.1) is 10.2 Å². The number of hydrogen-bond donors (Lipinski definition) is 2. The molecule has 4 aromatic rings. The van der Waals surface area contributed by atoms with Crippen molar-refractivity contribution in [3.63, 3.8) is 0 Å². The summed E-state index contributed by atoms with van der Waals surface area (Å²) in [6.07, 6.45) is 0. The molecule has 1 aromatic carbocycles. The van der Waals surface area contributed by atoms with Gasteiger partial charge in [-0.05, 0) is 36.3 Å². The molecule has 3 heterocycles. The van der Waals surface area contributed by atoms with E-state index in [9.17, 15) is 14.9 Å². The van der Waals surface area contributed by atoms with Gasteiger partial charge >= 0.3 is 0 Å². The third-order valence-electron chi connectivity index (χ3n) is 4.82. The first kappa shape index (κ1) is 23.1. The maximum Gasteiger partial charge on any atom is 0.293 e. The molecule has 4 rings (SSSR count). The number of ether oxygens (including phenoxy) is 1. The predicted molar refractivity (Wildman–Crippen MR) is 117 cm³/mol. The standard InChI is InChI=1S/C18H18N12O5/c1-9(14-10(2)28(26-21-14)11-4-6-12(7-5-11)30(32)33)20-23-18(31)15-13(8-34-3)29(27-22-15)17-16(19)24-35-25-17/h4-7H,8H2,1-3H3,(H2,19,24)(H,23,31)/b20-9+. The van der Waals surface area contributed by atoms with E-state index in [2.05, 4.69) is 46.1 Å². The van der Waals surface area contributed by atoms with E-state index in [0.29, 0.717) is 22.8 Å². The van der Waals surface area contributed by atoms with Crippen molar-refractivity contribution in [1.29, 1.82) is 0 Å². The maximum absolute atomic E-state index is 12.8. The zero-order valence-corrected chi connectivity index (χ0v) is 18.6. The van der Waals surface area contributed by atoms with Crippen LogP contribution in [0.4, 0.5) is 11.5 Å². The number of non-ortho nitro benzene ring substituents is 1. The fourth-order valence-electron chi connectivity index (χ4n) is 3.12. The first-order chi connectivity index (χ1) is 16.8. The second-order valence-electron chi connectivity index (χ2n) is 7.05. The second-order valence-corrected chi connectivity index (χ2v) is 7.05. The van der Waals surface area contributed by atoms with E-state index >= 15 is 0 Å². The van der Waals surface area contributed by atoms with Gasteiger partial charge in [0.05, 0.1) is 28.6 Å². The number of benzene rings is 1. The summed E-state index contributed by atoms with van der Waals surface area (Å²) in [6, 6.07) is 5.83. The lowest BCUT2D eigenvalue weighted by Gasteiger charge is -2.05. The van der Waals surface area contributed by atoms with E-state index in [1.54, 1.807) is 26.0 Å². The van der Waals surface area contributed by atoms with Crippen molar-refractivity contribution in [2.45, 2.75) is 20.5 Å². The normalized spacial score (nSPS) is 11.6. The van der Waals surface area contributed by atoms with Gasteiger partial charge < -0.3 is 10.5 Å². The summed E-state index contributed by atoms with van der Waals surface area (Å²) in [5.74, 6) is -0.653. The van der Waals surface area contributed by atoms with Crippen LogP contribution < -0.4 is 11.2 Å². The Morgan fingerprint density at radius 3 is 2.51 bits per heavy atom. The molecule has 17 nitrogen and oxygen atoms in total. The zero-order valence-electron chi connectivity index (χ0n) is 18.6. The molecule has 0 radical (unpaired) electrons. The Hall–Kier alpha value is -5.06. The summed E-state index contributed by atoms with van der Waals surface area (Å²) in [4.78, 5) is 23.1. The van der Waals surface area contributed by atoms with Crippen molar-refractivity contribution in [3.05, 3.63) is 57.2 Å². The molecule has 0 aliphatic heterocycles. The van der Waals surface area contributed by atoms with Crippen LogP contribution in [0.2, 0.25) is 0 Å². The average Bonchev–Trinajstić information content (AvgIpc) is 3.56. The Morgan fingerprint density at radius 1 is 1.20 bits per heavy atom. The van der Waals surface area contributed by atoms with E-state index in [0.717, 1.165) is 0 Å². The number of amides is 1. The number of hydrogen-bond acceptors (Lipinski definition) is 13. The highest BCUT2D eigenvalue weighted by molar-refractivity contribution is 6.00. The van der Waals surface area contributed by atoms with Gasteiger partial charge in [0.2, 0.25) is 11.6 Å². The number of rotatable bonds is 8. The van der Waals surface area contributed by atoms with Crippen LogP contribution in [-0.2, 0) is 11.3 Å². The van der Waals surface area contributed by atoms with Crippen LogP contribution in [0.25, 0.3) is 11.5 Å². The largest absolute Gasteiger partial charge is 0.378 e. The average molecular weight is 482 g/mol. The van der Waals surface area contributed by atoms with Gasteiger partial charge in [0.25, 0.3) is 11.6 Å². The van der Waals surface area contributed by atoms with Crippen LogP contribution in [0.5, 0.6) is 0 Å². The van der Waals surface area contributed by atoms with Gasteiger partial charge in [-0.1, -0.05) is 10.4 Å². The monoisotopic (exact) mass is 482 g/mol. The fourth-order valence-corrected chi connectivity index (χ4v) is 3.12. The molecular formula is C18H18N12O5. The Morgan fingerprint density at radius 2 is 1.89 bits per heavy atom. The number of hydrazone groups is 1. The van der Waals surface area contributed by atoms with E-state index in [1.165, 1.54) is 28.6 Å². The molecule has 3 N–H and O–H groups in total. The van der Waals surface area contributed by atoms with Gasteiger partial charge in [0.15, 0.2) is 5.69 Å². The number of anilines is 1. The number of carbonyl (C=O) groups is 1. The number of nitro benzene ring substituents is 1. The van der Waals surface area contributed by atoms with E-state index in [-0.39, 0.29) is 35.3 Å². The van der Waals surface area contributed by atoms with Crippen molar-refractivity contribution in [1.82, 2.24) is 45.7 Å². The Balaban J connectivity index is 1.55. The molecule has 0 bridgehead atoms. The Bertz CT molecular complexity index is 1420. The predicted octanol–water partition coefficient (Wildman–Crippen LogP) is 0.330. The third kappa shape index (κ3) is 4.42. The summed E-state index contributed by atoms with van der Waals surface area (Å²) in [5, 5.41) is 38.0. The number of nitrogens with one attached hydrogen (secondary N) is 1. The van der Waals surface area contributed by atoms with Crippen LogP contribution in [0, 0.1) is 17.0 Å². The van der Waals surface area contributed by atoms with Gasteiger partial charge in [0.1, 0.15) is 11.4 Å². The van der Waals surface area contributed by atoms with Crippen LogP contribution in [0.3, 0.4) is 0 Å². The molecule has 0 aliphatic carbocycles. The van der Waals surface area contributed by atoms with Crippen LogP contribution in [0.15, 0.2) is 34.0 Å². The summed E-state index contributed by atoms with van der Waals surface area (Å²) >= 11 is 0. The lowest BCUT2D eigenvalue weighted by Crippen LogP contribution is -2.22. The summed E-state index contributed by atoms with van der Waals surface area (Å²) in [6.45, 7) is 3.34. The molecule has 0 atom stereocenters. The minimum atomic E-state index is -0.668. The van der Waals surface area contributed by atoms with Gasteiger partial charge in [0, 0.05) is 19.2 Å². The molecule has 0 saturated heterocycles. The molecule has 17 heteroatoms. The topological polar surface area (TPSA) is 220 Å². The molecule has 3 aromatic heterocycles. The summed E-state index contributed by atoms with van der Waals surface area (Å²) in [7, 11) is 1.43. The molecule has 0 spiro atoms. The molecule has 35 heavy (non-hydrogen) atoms. The number of carbonyl (C=O) groups excluding carboxylic acids is 1. The summed E-state index contributed by atoms with van der Waals surface area (Å²) in [5.41, 5.74) is 10.2. The number of nitrogen functional groups attached to an aromatic ring is 1. The number of nitro groups is 1. The van der Waals surface area contributed by atoms with E-state index in [4.69, 9.17) is 10.5 Å². The lowest BCUT2D eigenvalue weighted by molar-refractivity contribution is -0.384. The van der Waals surface area contributed by atoms with Crippen molar-refractivity contribution in [2.75, 3.05) is 12.8 Å². The quantitative estimate of drug-likeness (QED) is 0.197. The first-order valence-corrected chi connectivity index (χ1v) is 9.85. The van der Waals surface area contributed by atoms with Crippen LogP contribution >= 0.6 is 0 Å². The number of methoxy groups -OCH3 is 1. The molecule has 1 amide bonds. The number of nitrogens with zero attached hydrogens (tertiary/aromatic N) is 10. The third-order valence-corrected chi connectivity index (χ3v) is 4.82. The van der Waals surface area contributed by atoms with Gasteiger partial charge in [-0.25, -0.2) is 14.7 Å². The molecule has 180 valence electrons.